The van der Waals surface area contributed by atoms with Gasteiger partial charge in [0.05, 0.1) is 5.02 Å². The lowest BCUT2D eigenvalue weighted by Gasteiger charge is -2.19. The fraction of sp³-hybridized carbons (Fsp3) is 0.500. The second-order valence-corrected chi connectivity index (χ2v) is 7.01. The summed E-state index contributed by atoms with van der Waals surface area (Å²) in [6, 6.07) is 1.05. The second-order valence-electron chi connectivity index (χ2n) is 6.63. The van der Waals surface area contributed by atoms with Crippen molar-refractivity contribution < 1.29 is 19.7 Å². The molecule has 142 valence electrons. The zero-order chi connectivity index (χ0) is 19.1. The largest absolute Gasteiger partial charge is 0.507 e. The van der Waals surface area contributed by atoms with Gasteiger partial charge in [-0.1, -0.05) is 37.1 Å². The number of hydrogen-bond donors (Lipinski definition) is 3. The Morgan fingerprint density at radius 1 is 1.27 bits per heavy atom. The van der Waals surface area contributed by atoms with Crippen LogP contribution in [-0.2, 0) is 11.2 Å². The van der Waals surface area contributed by atoms with Crippen molar-refractivity contribution >= 4 is 23.3 Å². The first-order valence-corrected chi connectivity index (χ1v) is 9.47. The monoisotopic (exact) mass is 379 g/mol. The van der Waals surface area contributed by atoms with E-state index >= 15 is 0 Å². The van der Waals surface area contributed by atoms with Crippen molar-refractivity contribution in [3.63, 3.8) is 0 Å². The third-order valence-electron chi connectivity index (χ3n) is 4.46. The minimum atomic E-state index is -0.670. The Hall–Kier alpha value is -2.01. The lowest BCUT2D eigenvalue weighted by Crippen LogP contribution is -2.20. The van der Waals surface area contributed by atoms with Gasteiger partial charge in [0.2, 0.25) is 0 Å². The molecule has 0 spiro atoms. The molecule has 1 unspecified atom stereocenters. The number of cyclic esters (lactones) is 1. The van der Waals surface area contributed by atoms with Gasteiger partial charge in [0, 0.05) is 24.6 Å². The molecule has 3 N–H and O–H groups in total. The Morgan fingerprint density at radius 3 is 2.77 bits per heavy atom. The topological polar surface area (TPSA) is 90.6 Å². The van der Waals surface area contributed by atoms with Gasteiger partial charge >= 0.3 is 5.97 Å². The molecule has 1 aromatic carbocycles. The molecule has 1 atom stereocenters. The highest BCUT2D eigenvalue weighted by Crippen LogP contribution is 2.37. The number of halogens is 1. The number of carbonyl (C=O) groups excluding carboxylic acids is 1. The van der Waals surface area contributed by atoms with Crippen LogP contribution in [0, 0.1) is 5.41 Å². The molecule has 0 aliphatic carbocycles. The van der Waals surface area contributed by atoms with E-state index in [0.717, 1.165) is 31.7 Å². The lowest BCUT2D eigenvalue weighted by atomic mass is 9.97. The molecule has 0 saturated carbocycles. The van der Waals surface area contributed by atoms with Crippen molar-refractivity contribution in [3.8, 4) is 11.5 Å². The van der Waals surface area contributed by atoms with Crippen molar-refractivity contribution in [3.05, 3.63) is 34.4 Å². The van der Waals surface area contributed by atoms with E-state index < -0.39 is 5.97 Å². The van der Waals surface area contributed by atoms with Crippen LogP contribution in [0.3, 0.4) is 0 Å². The highest BCUT2D eigenvalue weighted by atomic mass is 35.5. The van der Waals surface area contributed by atoms with Crippen LogP contribution >= 0.6 is 11.6 Å². The van der Waals surface area contributed by atoms with E-state index in [2.05, 4.69) is 6.08 Å². The van der Waals surface area contributed by atoms with Gasteiger partial charge in [-0.15, -0.1) is 0 Å². The molecular formula is C20H26ClNO4. The average Bonchev–Trinajstić information content (AvgIpc) is 2.58. The third kappa shape index (κ3) is 5.24. The summed E-state index contributed by atoms with van der Waals surface area (Å²) >= 11 is 6.19. The van der Waals surface area contributed by atoms with E-state index in [1.807, 2.05) is 13.0 Å². The molecule has 0 saturated heterocycles. The maximum absolute atomic E-state index is 12.7. The standard InChI is InChI=1S/C20H26ClNO4/c1-2-8-14-10-7-5-3-4-6-9-13(22)11-15-18(20(25)26-14)16(23)12-17(24)19(15)21/h5,7,12,14,22-24H,2-4,6,8-11H2,1H3/b7-5+,22-13?. The summed E-state index contributed by atoms with van der Waals surface area (Å²) in [5.41, 5.74) is 0.596. The summed E-state index contributed by atoms with van der Waals surface area (Å²) < 4.78 is 5.61. The van der Waals surface area contributed by atoms with Gasteiger partial charge in [-0.05, 0) is 37.7 Å². The van der Waals surface area contributed by atoms with E-state index in [9.17, 15) is 15.0 Å². The van der Waals surface area contributed by atoms with Crippen LogP contribution in [0.5, 0.6) is 11.5 Å². The van der Waals surface area contributed by atoms with Gasteiger partial charge < -0.3 is 20.4 Å². The Balaban J connectivity index is 2.43. The van der Waals surface area contributed by atoms with Gasteiger partial charge in [0.1, 0.15) is 23.2 Å². The first kappa shape index (κ1) is 20.3. The molecule has 0 bridgehead atoms. The van der Waals surface area contributed by atoms with Crippen LogP contribution in [0.15, 0.2) is 18.2 Å². The van der Waals surface area contributed by atoms with E-state index in [1.54, 1.807) is 0 Å². The first-order chi connectivity index (χ1) is 12.4. The number of benzene rings is 1. The minimum absolute atomic E-state index is 0.0152. The zero-order valence-electron chi connectivity index (χ0n) is 15.1. The molecular weight excluding hydrogens is 354 g/mol. The maximum atomic E-state index is 12.7. The number of aromatic hydroxyl groups is 2. The molecule has 0 aromatic heterocycles. The number of carbonyl (C=O) groups is 1. The third-order valence-corrected chi connectivity index (χ3v) is 4.89. The second kappa shape index (κ2) is 9.62. The van der Waals surface area contributed by atoms with Crippen molar-refractivity contribution in [2.45, 2.75) is 64.4 Å². The van der Waals surface area contributed by atoms with Crippen LogP contribution in [0.25, 0.3) is 0 Å². The van der Waals surface area contributed by atoms with Crippen LogP contribution in [0.1, 0.15) is 67.8 Å². The fourth-order valence-electron chi connectivity index (χ4n) is 3.10. The first-order valence-electron chi connectivity index (χ1n) is 9.09. The van der Waals surface area contributed by atoms with Crippen molar-refractivity contribution in [2.24, 2.45) is 0 Å². The molecule has 0 amide bonds. The summed E-state index contributed by atoms with van der Waals surface area (Å²) in [7, 11) is 0. The molecule has 5 nitrogen and oxygen atoms in total. The van der Waals surface area contributed by atoms with Gasteiger partial charge in [-0.2, -0.15) is 0 Å². The normalized spacial score (nSPS) is 20.8. The Labute approximate surface area is 159 Å². The van der Waals surface area contributed by atoms with Crippen molar-refractivity contribution in [1.29, 1.82) is 5.41 Å². The van der Waals surface area contributed by atoms with Crippen molar-refractivity contribution in [1.82, 2.24) is 0 Å². The van der Waals surface area contributed by atoms with Crippen LogP contribution in [-0.4, -0.2) is 28.0 Å². The number of hydrogen-bond acceptors (Lipinski definition) is 5. The summed E-state index contributed by atoms with van der Waals surface area (Å²) in [5.74, 6) is -1.36. The number of phenols is 2. The Morgan fingerprint density at radius 2 is 2.04 bits per heavy atom. The van der Waals surface area contributed by atoms with Crippen LogP contribution in [0.2, 0.25) is 5.02 Å². The number of nitrogens with one attached hydrogen (secondary N) is 1. The smallest absolute Gasteiger partial charge is 0.342 e. The lowest BCUT2D eigenvalue weighted by molar-refractivity contribution is 0.0283. The van der Waals surface area contributed by atoms with Gasteiger partial charge in [-0.3, -0.25) is 0 Å². The molecule has 1 aromatic rings. The number of esters is 1. The summed E-state index contributed by atoms with van der Waals surface area (Å²) in [6.07, 6.45) is 9.47. The highest BCUT2D eigenvalue weighted by molar-refractivity contribution is 6.33. The van der Waals surface area contributed by atoms with Crippen LogP contribution in [0.4, 0.5) is 0 Å². The molecule has 6 heteroatoms. The number of fused-ring (bicyclic) bond motifs is 1. The van der Waals surface area contributed by atoms with E-state index in [1.165, 1.54) is 0 Å². The molecule has 1 heterocycles. The van der Waals surface area contributed by atoms with E-state index in [0.29, 0.717) is 25.0 Å². The van der Waals surface area contributed by atoms with Gasteiger partial charge in [-0.25, -0.2) is 4.79 Å². The molecule has 0 radical (unpaired) electrons. The summed E-state index contributed by atoms with van der Waals surface area (Å²) in [5, 5.41) is 28.3. The molecule has 1 aliphatic heterocycles. The SMILES string of the molecule is CCCC1C/C=C/CCCCC(=N)Cc2c(Cl)c(O)cc(O)c2C(=O)O1. The molecule has 26 heavy (non-hydrogen) atoms. The molecule has 1 aliphatic rings. The number of phenolic OH excluding ortho intramolecular Hbond substituents is 2. The van der Waals surface area contributed by atoms with Crippen molar-refractivity contribution in [2.75, 3.05) is 0 Å². The molecule has 0 fully saturated rings. The predicted octanol–water partition coefficient (Wildman–Crippen LogP) is 5.16. The summed E-state index contributed by atoms with van der Waals surface area (Å²) in [4.78, 5) is 12.7. The van der Waals surface area contributed by atoms with E-state index in [-0.39, 0.29) is 40.2 Å². The molecule has 2 rings (SSSR count). The van der Waals surface area contributed by atoms with Gasteiger partial charge in [0.25, 0.3) is 0 Å². The number of rotatable bonds is 2. The quantitative estimate of drug-likeness (QED) is 0.489. The van der Waals surface area contributed by atoms with Gasteiger partial charge in [0.15, 0.2) is 0 Å². The Bertz CT molecular complexity index is 700. The predicted molar refractivity (Wildman–Crippen MR) is 103 cm³/mol. The highest BCUT2D eigenvalue weighted by Gasteiger charge is 2.26. The number of allylic oxidation sites excluding steroid dienone is 1. The van der Waals surface area contributed by atoms with E-state index in [4.69, 9.17) is 21.7 Å². The minimum Gasteiger partial charge on any atom is -0.507 e. The fourth-order valence-corrected chi connectivity index (χ4v) is 3.32. The van der Waals surface area contributed by atoms with Crippen LogP contribution < -0.4 is 0 Å². The Kier molecular flexibility index (Phi) is 7.51. The zero-order valence-corrected chi connectivity index (χ0v) is 15.8. The summed E-state index contributed by atoms with van der Waals surface area (Å²) in [6.45, 7) is 2.02. The number of ether oxygens (including phenoxy) is 1. The average molecular weight is 380 g/mol. The maximum Gasteiger partial charge on any atom is 0.342 e.